The van der Waals surface area contributed by atoms with E-state index in [2.05, 4.69) is 20.6 Å². The van der Waals surface area contributed by atoms with Crippen LogP contribution in [0.15, 0.2) is 42.5 Å². The molecule has 10 heteroatoms. The molecule has 1 heterocycles. The SMILES string of the molecule is Cc1cc(Nc2ccccc2C(F)(F)F)nc(Nc2ccc(F)c(F)c2F)n1. The number of hydrogen-bond acceptors (Lipinski definition) is 4. The van der Waals surface area contributed by atoms with Crippen molar-refractivity contribution < 1.29 is 26.3 Å². The highest BCUT2D eigenvalue weighted by Crippen LogP contribution is 2.35. The number of benzene rings is 2. The van der Waals surface area contributed by atoms with Crippen molar-refractivity contribution in [1.82, 2.24) is 9.97 Å². The minimum absolute atomic E-state index is 0.00492. The molecule has 3 rings (SSSR count). The van der Waals surface area contributed by atoms with Gasteiger partial charge in [-0.25, -0.2) is 18.2 Å². The van der Waals surface area contributed by atoms with Crippen LogP contribution in [0.1, 0.15) is 11.3 Å². The third-order valence-electron chi connectivity index (χ3n) is 3.63. The Kier molecular flexibility index (Phi) is 5.12. The lowest BCUT2D eigenvalue weighted by Crippen LogP contribution is -2.10. The van der Waals surface area contributed by atoms with Gasteiger partial charge in [-0.3, -0.25) is 0 Å². The molecule has 0 aliphatic heterocycles. The summed E-state index contributed by atoms with van der Waals surface area (Å²) in [5.41, 5.74) is -1.22. The van der Waals surface area contributed by atoms with E-state index in [0.29, 0.717) is 5.69 Å². The Morgan fingerprint density at radius 3 is 2.25 bits per heavy atom. The van der Waals surface area contributed by atoms with Crippen LogP contribution in [0, 0.1) is 24.4 Å². The Morgan fingerprint density at radius 1 is 0.821 bits per heavy atom. The second-order valence-electron chi connectivity index (χ2n) is 5.73. The van der Waals surface area contributed by atoms with Crippen molar-refractivity contribution in [3.63, 3.8) is 0 Å². The Morgan fingerprint density at radius 2 is 1.54 bits per heavy atom. The molecule has 28 heavy (non-hydrogen) atoms. The van der Waals surface area contributed by atoms with Crippen molar-refractivity contribution in [3.8, 4) is 0 Å². The van der Waals surface area contributed by atoms with Crippen LogP contribution in [-0.4, -0.2) is 9.97 Å². The first-order valence-electron chi connectivity index (χ1n) is 7.84. The first-order valence-corrected chi connectivity index (χ1v) is 7.84. The van der Waals surface area contributed by atoms with Gasteiger partial charge in [0, 0.05) is 11.8 Å². The molecule has 0 radical (unpaired) electrons. The van der Waals surface area contributed by atoms with Gasteiger partial charge in [0.1, 0.15) is 5.82 Å². The van der Waals surface area contributed by atoms with Gasteiger partial charge < -0.3 is 10.6 Å². The number of para-hydroxylation sites is 1. The van der Waals surface area contributed by atoms with E-state index in [-0.39, 0.29) is 17.5 Å². The second kappa shape index (κ2) is 7.37. The second-order valence-corrected chi connectivity index (χ2v) is 5.73. The molecule has 0 saturated carbocycles. The van der Waals surface area contributed by atoms with E-state index in [1.54, 1.807) is 0 Å². The van der Waals surface area contributed by atoms with Crippen LogP contribution in [0.3, 0.4) is 0 Å². The fourth-order valence-corrected chi connectivity index (χ4v) is 2.41. The Balaban J connectivity index is 1.93. The summed E-state index contributed by atoms with van der Waals surface area (Å²) < 4.78 is 79.5. The van der Waals surface area contributed by atoms with E-state index in [0.717, 1.165) is 18.2 Å². The van der Waals surface area contributed by atoms with Gasteiger partial charge in [0.2, 0.25) is 5.95 Å². The van der Waals surface area contributed by atoms with Gasteiger partial charge >= 0.3 is 6.18 Å². The largest absolute Gasteiger partial charge is 0.418 e. The highest BCUT2D eigenvalue weighted by atomic mass is 19.4. The summed E-state index contributed by atoms with van der Waals surface area (Å²) in [5.74, 6) is -4.72. The van der Waals surface area contributed by atoms with E-state index < -0.39 is 34.9 Å². The third kappa shape index (κ3) is 4.16. The molecule has 0 unspecified atom stereocenters. The Hall–Kier alpha value is -3.30. The maximum atomic E-state index is 13.8. The van der Waals surface area contributed by atoms with Gasteiger partial charge in [0.25, 0.3) is 0 Å². The number of anilines is 4. The summed E-state index contributed by atoms with van der Waals surface area (Å²) in [6.07, 6.45) is -4.58. The molecule has 1 aromatic heterocycles. The average Bonchev–Trinajstić information content (AvgIpc) is 2.61. The van der Waals surface area contributed by atoms with E-state index in [9.17, 15) is 26.3 Å². The van der Waals surface area contributed by atoms with Gasteiger partial charge in [-0.15, -0.1) is 0 Å². The highest BCUT2D eigenvalue weighted by molar-refractivity contribution is 5.63. The van der Waals surface area contributed by atoms with Crippen LogP contribution in [0.25, 0.3) is 0 Å². The number of aromatic nitrogens is 2. The van der Waals surface area contributed by atoms with Crippen molar-refractivity contribution in [2.75, 3.05) is 10.6 Å². The molecule has 0 aliphatic carbocycles. The van der Waals surface area contributed by atoms with Crippen molar-refractivity contribution in [2.24, 2.45) is 0 Å². The zero-order chi connectivity index (χ0) is 20.5. The van der Waals surface area contributed by atoms with Gasteiger partial charge in [-0.05, 0) is 31.2 Å². The summed E-state index contributed by atoms with van der Waals surface area (Å²) in [6.45, 7) is 1.54. The zero-order valence-corrected chi connectivity index (χ0v) is 14.2. The normalized spacial score (nSPS) is 11.4. The zero-order valence-electron chi connectivity index (χ0n) is 14.2. The van der Waals surface area contributed by atoms with E-state index in [1.165, 1.54) is 31.2 Å². The molecule has 0 aliphatic rings. The fourth-order valence-electron chi connectivity index (χ4n) is 2.41. The maximum absolute atomic E-state index is 13.8. The number of rotatable bonds is 4. The van der Waals surface area contributed by atoms with Crippen molar-refractivity contribution in [3.05, 3.63) is 71.2 Å². The van der Waals surface area contributed by atoms with Crippen molar-refractivity contribution in [2.45, 2.75) is 13.1 Å². The van der Waals surface area contributed by atoms with Gasteiger partial charge in [-0.2, -0.15) is 18.2 Å². The average molecular weight is 398 g/mol. The molecule has 4 nitrogen and oxygen atoms in total. The molecule has 0 bridgehead atoms. The van der Waals surface area contributed by atoms with E-state index in [4.69, 9.17) is 0 Å². The molecule has 2 aromatic carbocycles. The predicted molar refractivity (Wildman–Crippen MR) is 91.1 cm³/mol. The third-order valence-corrected chi connectivity index (χ3v) is 3.63. The van der Waals surface area contributed by atoms with Crippen LogP contribution in [0.2, 0.25) is 0 Å². The van der Waals surface area contributed by atoms with Crippen LogP contribution < -0.4 is 10.6 Å². The molecule has 0 fully saturated rings. The van der Waals surface area contributed by atoms with Crippen molar-refractivity contribution in [1.29, 1.82) is 0 Å². The summed E-state index contributed by atoms with van der Waals surface area (Å²) in [5, 5.41) is 4.93. The van der Waals surface area contributed by atoms with Gasteiger partial charge in [0.15, 0.2) is 17.5 Å². The molecule has 146 valence electrons. The standard InChI is InChI=1S/C18H12F6N4/c1-9-8-14(26-12-5-3-2-4-10(12)18(22,23)24)28-17(25-9)27-13-7-6-11(19)15(20)16(13)21/h2-8H,1H3,(H2,25,26,27,28). The number of nitrogens with one attached hydrogen (secondary N) is 2. The molecule has 3 aromatic rings. The van der Waals surface area contributed by atoms with E-state index >= 15 is 0 Å². The molecular formula is C18H12F6N4. The minimum atomic E-state index is -4.58. The molecule has 0 atom stereocenters. The summed E-state index contributed by atoms with van der Waals surface area (Å²) in [6, 6.07) is 7.84. The number of nitrogens with zero attached hydrogens (tertiary/aromatic N) is 2. The first kappa shape index (κ1) is 19.5. The summed E-state index contributed by atoms with van der Waals surface area (Å²) in [7, 11) is 0. The first-order chi connectivity index (χ1) is 13.1. The lowest BCUT2D eigenvalue weighted by molar-refractivity contribution is -0.136. The Labute approximate surface area is 155 Å². The smallest absolute Gasteiger partial charge is 0.340 e. The fraction of sp³-hybridized carbons (Fsp3) is 0.111. The van der Waals surface area contributed by atoms with E-state index in [1.807, 2.05) is 0 Å². The number of alkyl halides is 3. The van der Waals surface area contributed by atoms with Crippen LogP contribution in [0.4, 0.5) is 49.5 Å². The quantitative estimate of drug-likeness (QED) is 0.437. The van der Waals surface area contributed by atoms with Crippen LogP contribution >= 0.6 is 0 Å². The maximum Gasteiger partial charge on any atom is 0.418 e. The van der Waals surface area contributed by atoms with Crippen LogP contribution in [0.5, 0.6) is 0 Å². The minimum Gasteiger partial charge on any atom is -0.340 e. The van der Waals surface area contributed by atoms with Crippen LogP contribution in [-0.2, 0) is 6.18 Å². The predicted octanol–water partition coefficient (Wildman–Crippen LogP) is 5.71. The number of hydrogen-bond donors (Lipinski definition) is 2. The lowest BCUT2D eigenvalue weighted by atomic mass is 10.1. The number of aryl methyl sites for hydroxylation is 1. The molecule has 0 saturated heterocycles. The lowest BCUT2D eigenvalue weighted by Gasteiger charge is -2.15. The highest BCUT2D eigenvalue weighted by Gasteiger charge is 2.33. The van der Waals surface area contributed by atoms with Crippen molar-refractivity contribution >= 4 is 23.1 Å². The van der Waals surface area contributed by atoms with Gasteiger partial charge in [-0.1, -0.05) is 12.1 Å². The monoisotopic (exact) mass is 398 g/mol. The molecule has 0 amide bonds. The topological polar surface area (TPSA) is 49.8 Å². The summed E-state index contributed by atoms with van der Waals surface area (Å²) in [4.78, 5) is 7.92. The Bertz CT molecular complexity index is 1020. The molecule has 0 spiro atoms. The van der Waals surface area contributed by atoms with Gasteiger partial charge in [0.05, 0.1) is 16.9 Å². The number of halogens is 6. The molecule has 2 N–H and O–H groups in total. The molecular weight excluding hydrogens is 386 g/mol. The summed E-state index contributed by atoms with van der Waals surface area (Å²) >= 11 is 0.